The minimum atomic E-state index is -0.443. The summed E-state index contributed by atoms with van der Waals surface area (Å²) in [5, 5.41) is 0. The molecule has 1 fully saturated rings. The van der Waals surface area contributed by atoms with E-state index in [9.17, 15) is 4.39 Å². The molecule has 1 saturated heterocycles. The molecule has 0 aromatic heterocycles. The molecule has 0 saturated carbocycles. The van der Waals surface area contributed by atoms with Crippen LogP contribution in [0.25, 0.3) is 0 Å². The summed E-state index contributed by atoms with van der Waals surface area (Å²) < 4.78 is 23.7. The van der Waals surface area contributed by atoms with Crippen LogP contribution < -0.4 is 10.5 Å². The van der Waals surface area contributed by atoms with Gasteiger partial charge in [-0.2, -0.15) is 0 Å². The first-order chi connectivity index (χ1) is 6.77. The van der Waals surface area contributed by atoms with Gasteiger partial charge in [0.25, 0.3) is 0 Å². The quantitative estimate of drug-likeness (QED) is 0.732. The van der Waals surface area contributed by atoms with Crippen molar-refractivity contribution in [2.45, 2.75) is 12.5 Å². The van der Waals surface area contributed by atoms with E-state index in [1.54, 1.807) is 12.1 Å². The molecule has 1 heterocycles. The van der Waals surface area contributed by atoms with Gasteiger partial charge in [0.2, 0.25) is 0 Å². The molecule has 0 aliphatic carbocycles. The third-order valence-electron chi connectivity index (χ3n) is 2.19. The Morgan fingerprint density at radius 2 is 2.36 bits per heavy atom. The molecule has 0 radical (unpaired) electrons. The minimum absolute atomic E-state index is 0.000833. The predicted octanol–water partition coefficient (Wildman–Crippen LogP) is 1.58. The number of nitrogens with two attached hydrogens (primary N) is 1. The van der Waals surface area contributed by atoms with Crippen LogP contribution in [0.2, 0.25) is 0 Å². The van der Waals surface area contributed by atoms with Gasteiger partial charge in [-0.05, 0) is 12.1 Å². The van der Waals surface area contributed by atoms with Crippen LogP contribution in [-0.2, 0) is 4.74 Å². The van der Waals surface area contributed by atoms with Crippen molar-refractivity contribution in [3.63, 3.8) is 0 Å². The average Bonchev–Trinajstić information content (AvgIpc) is 2.66. The smallest absolute Gasteiger partial charge is 0.149 e. The molecule has 0 amide bonds. The van der Waals surface area contributed by atoms with Crippen molar-refractivity contribution in [3.05, 3.63) is 24.0 Å². The summed E-state index contributed by atoms with van der Waals surface area (Å²) in [5.74, 6) is -0.0399. The van der Waals surface area contributed by atoms with E-state index in [2.05, 4.69) is 0 Å². The molecule has 1 atom stereocenters. The highest BCUT2D eigenvalue weighted by Gasteiger charge is 2.18. The Morgan fingerprint density at radius 1 is 1.50 bits per heavy atom. The van der Waals surface area contributed by atoms with Crippen molar-refractivity contribution in [2.75, 3.05) is 18.9 Å². The molecule has 4 heteroatoms. The van der Waals surface area contributed by atoms with E-state index in [1.165, 1.54) is 6.07 Å². The minimum Gasteiger partial charge on any atom is -0.486 e. The molecule has 1 aliphatic heterocycles. The standard InChI is InChI=1S/C10H12FNO2/c11-8-2-1-3-9(10(8)12)14-7-4-5-13-6-7/h1-3,7H,4-6,12H2. The molecular formula is C10H12FNO2. The molecule has 76 valence electrons. The van der Waals surface area contributed by atoms with Crippen LogP contribution in [-0.4, -0.2) is 19.3 Å². The maximum absolute atomic E-state index is 13.0. The van der Waals surface area contributed by atoms with E-state index in [0.29, 0.717) is 19.0 Å². The van der Waals surface area contributed by atoms with E-state index in [0.717, 1.165) is 6.42 Å². The van der Waals surface area contributed by atoms with Crippen LogP contribution >= 0.6 is 0 Å². The van der Waals surface area contributed by atoms with Gasteiger partial charge in [-0.15, -0.1) is 0 Å². The number of hydrogen-bond donors (Lipinski definition) is 1. The summed E-state index contributed by atoms with van der Waals surface area (Å²) in [4.78, 5) is 0. The van der Waals surface area contributed by atoms with Crippen molar-refractivity contribution in [2.24, 2.45) is 0 Å². The topological polar surface area (TPSA) is 44.5 Å². The van der Waals surface area contributed by atoms with Crippen LogP contribution in [0.4, 0.5) is 10.1 Å². The van der Waals surface area contributed by atoms with E-state index in [-0.39, 0.29) is 11.8 Å². The Labute approximate surface area is 81.6 Å². The Kier molecular flexibility index (Phi) is 2.54. The second-order valence-corrected chi connectivity index (χ2v) is 3.26. The SMILES string of the molecule is Nc1c(F)cccc1OC1CCOC1. The second-order valence-electron chi connectivity index (χ2n) is 3.26. The lowest BCUT2D eigenvalue weighted by atomic mass is 10.2. The lowest BCUT2D eigenvalue weighted by Crippen LogP contribution is -2.16. The number of anilines is 1. The van der Waals surface area contributed by atoms with Gasteiger partial charge >= 0.3 is 0 Å². The van der Waals surface area contributed by atoms with E-state index in [4.69, 9.17) is 15.2 Å². The monoisotopic (exact) mass is 197 g/mol. The molecule has 3 nitrogen and oxygen atoms in total. The average molecular weight is 197 g/mol. The van der Waals surface area contributed by atoms with Crippen molar-refractivity contribution >= 4 is 5.69 Å². The number of nitrogen functional groups attached to an aromatic ring is 1. The normalized spacial score (nSPS) is 21.1. The third kappa shape index (κ3) is 1.80. The second kappa shape index (κ2) is 3.84. The Hall–Kier alpha value is -1.29. The van der Waals surface area contributed by atoms with Gasteiger partial charge in [0, 0.05) is 6.42 Å². The zero-order valence-electron chi connectivity index (χ0n) is 7.70. The highest BCUT2D eigenvalue weighted by atomic mass is 19.1. The molecule has 14 heavy (non-hydrogen) atoms. The van der Waals surface area contributed by atoms with Crippen LogP contribution in [0.5, 0.6) is 5.75 Å². The van der Waals surface area contributed by atoms with E-state index in [1.807, 2.05) is 0 Å². The Balaban J connectivity index is 2.11. The lowest BCUT2D eigenvalue weighted by molar-refractivity contribution is 0.141. The summed E-state index contributed by atoms with van der Waals surface area (Å²) in [6.45, 7) is 1.25. The fraction of sp³-hybridized carbons (Fsp3) is 0.400. The van der Waals surface area contributed by atoms with Gasteiger partial charge in [0.15, 0.2) is 0 Å². The number of rotatable bonds is 2. The zero-order chi connectivity index (χ0) is 9.97. The van der Waals surface area contributed by atoms with Crippen LogP contribution in [0.3, 0.4) is 0 Å². The first-order valence-electron chi connectivity index (χ1n) is 4.56. The number of benzene rings is 1. The maximum atomic E-state index is 13.0. The van der Waals surface area contributed by atoms with Crippen molar-refractivity contribution in [1.29, 1.82) is 0 Å². The highest BCUT2D eigenvalue weighted by molar-refractivity contribution is 5.53. The predicted molar refractivity (Wildman–Crippen MR) is 50.7 cm³/mol. The van der Waals surface area contributed by atoms with Gasteiger partial charge in [-0.25, -0.2) is 4.39 Å². The first kappa shape index (κ1) is 9.27. The van der Waals surface area contributed by atoms with Gasteiger partial charge < -0.3 is 15.2 Å². The number of para-hydroxylation sites is 1. The molecule has 2 rings (SSSR count). The van der Waals surface area contributed by atoms with Gasteiger partial charge in [-0.3, -0.25) is 0 Å². The molecule has 1 aromatic carbocycles. The number of ether oxygens (including phenoxy) is 2. The van der Waals surface area contributed by atoms with Crippen molar-refractivity contribution in [3.8, 4) is 5.75 Å². The zero-order valence-corrected chi connectivity index (χ0v) is 7.70. The summed E-state index contributed by atoms with van der Waals surface area (Å²) in [6.07, 6.45) is 0.828. The molecule has 0 bridgehead atoms. The Morgan fingerprint density at radius 3 is 3.07 bits per heavy atom. The molecule has 1 aromatic rings. The van der Waals surface area contributed by atoms with Gasteiger partial charge in [0.1, 0.15) is 23.4 Å². The molecule has 0 spiro atoms. The largest absolute Gasteiger partial charge is 0.486 e. The van der Waals surface area contributed by atoms with Crippen LogP contribution in [0, 0.1) is 5.82 Å². The first-order valence-corrected chi connectivity index (χ1v) is 4.56. The van der Waals surface area contributed by atoms with Gasteiger partial charge in [-0.1, -0.05) is 6.07 Å². The molecule has 1 aliphatic rings. The van der Waals surface area contributed by atoms with Crippen LogP contribution in [0.15, 0.2) is 18.2 Å². The van der Waals surface area contributed by atoms with E-state index >= 15 is 0 Å². The lowest BCUT2D eigenvalue weighted by Gasteiger charge is -2.13. The highest BCUT2D eigenvalue weighted by Crippen LogP contribution is 2.26. The molecule has 2 N–H and O–H groups in total. The number of halogens is 1. The van der Waals surface area contributed by atoms with E-state index < -0.39 is 5.82 Å². The fourth-order valence-corrected chi connectivity index (χ4v) is 1.41. The van der Waals surface area contributed by atoms with Crippen LogP contribution in [0.1, 0.15) is 6.42 Å². The van der Waals surface area contributed by atoms with Crippen molar-refractivity contribution < 1.29 is 13.9 Å². The summed E-state index contributed by atoms with van der Waals surface area (Å²) in [5.41, 5.74) is 5.59. The third-order valence-corrected chi connectivity index (χ3v) is 2.19. The fourth-order valence-electron chi connectivity index (χ4n) is 1.41. The molecule has 1 unspecified atom stereocenters. The summed E-state index contributed by atoms with van der Waals surface area (Å²) >= 11 is 0. The summed E-state index contributed by atoms with van der Waals surface area (Å²) in [7, 11) is 0. The maximum Gasteiger partial charge on any atom is 0.149 e. The summed E-state index contributed by atoms with van der Waals surface area (Å²) in [6, 6.07) is 4.56. The Bertz CT molecular complexity index is 324. The number of hydrogen-bond acceptors (Lipinski definition) is 3. The van der Waals surface area contributed by atoms with Crippen molar-refractivity contribution in [1.82, 2.24) is 0 Å². The van der Waals surface area contributed by atoms with Gasteiger partial charge in [0.05, 0.1) is 13.2 Å². The molecular weight excluding hydrogens is 185 g/mol.